The fourth-order valence-corrected chi connectivity index (χ4v) is 2.56. The van der Waals surface area contributed by atoms with Crippen molar-refractivity contribution < 1.29 is 39.0 Å². The Hall–Kier alpha value is -3.26. The van der Waals surface area contributed by atoms with Crippen molar-refractivity contribution in [1.29, 1.82) is 0 Å². The number of carbonyl (C=O) groups is 6. The van der Waals surface area contributed by atoms with Gasteiger partial charge in [-0.1, -0.05) is 13.8 Å². The van der Waals surface area contributed by atoms with Crippen molar-refractivity contribution in [3.63, 3.8) is 0 Å². The second-order valence-corrected chi connectivity index (χ2v) is 7.64. The summed E-state index contributed by atoms with van der Waals surface area (Å²) in [5.41, 5.74) is 15.6. The second-order valence-electron chi connectivity index (χ2n) is 7.64. The summed E-state index contributed by atoms with van der Waals surface area (Å²) in [6, 6.07) is -5.62. The molecule has 0 aromatic heterocycles. The SMILES string of the molecule is CC(C)C(NC(=O)C(CCC(N)=O)NC(=O)C(NC(=O)C(N)CC(N)=O)C(C)O)C(=O)O. The molecule has 0 rings (SSSR count). The van der Waals surface area contributed by atoms with E-state index in [2.05, 4.69) is 16.0 Å². The summed E-state index contributed by atoms with van der Waals surface area (Å²) in [6.07, 6.45) is -2.52. The van der Waals surface area contributed by atoms with Crippen molar-refractivity contribution in [1.82, 2.24) is 16.0 Å². The molecule has 11 N–H and O–H groups in total. The molecule has 5 atom stereocenters. The first-order chi connectivity index (χ1) is 14.7. The first kappa shape index (κ1) is 28.7. The van der Waals surface area contributed by atoms with E-state index in [-0.39, 0.29) is 12.8 Å². The molecule has 14 nitrogen and oxygen atoms in total. The fourth-order valence-electron chi connectivity index (χ4n) is 2.56. The lowest BCUT2D eigenvalue weighted by molar-refractivity contribution is -0.143. The van der Waals surface area contributed by atoms with Crippen molar-refractivity contribution in [3.05, 3.63) is 0 Å². The quantitative estimate of drug-likeness (QED) is 0.125. The molecule has 0 aliphatic heterocycles. The van der Waals surface area contributed by atoms with Crippen molar-refractivity contribution in [2.75, 3.05) is 0 Å². The molecule has 5 amide bonds. The summed E-state index contributed by atoms with van der Waals surface area (Å²) < 4.78 is 0. The third-order valence-corrected chi connectivity index (χ3v) is 4.36. The average molecular weight is 460 g/mol. The molecule has 0 spiro atoms. The summed E-state index contributed by atoms with van der Waals surface area (Å²) in [5.74, 6) is -6.28. The van der Waals surface area contributed by atoms with Gasteiger partial charge >= 0.3 is 5.97 Å². The largest absolute Gasteiger partial charge is 0.480 e. The first-order valence-electron chi connectivity index (χ1n) is 9.81. The van der Waals surface area contributed by atoms with Crippen LogP contribution in [0.25, 0.3) is 0 Å². The van der Waals surface area contributed by atoms with Gasteiger partial charge in [0.15, 0.2) is 0 Å². The van der Waals surface area contributed by atoms with E-state index >= 15 is 0 Å². The van der Waals surface area contributed by atoms with E-state index in [0.29, 0.717) is 0 Å². The summed E-state index contributed by atoms with van der Waals surface area (Å²) in [7, 11) is 0. The van der Waals surface area contributed by atoms with E-state index < -0.39 is 78.1 Å². The van der Waals surface area contributed by atoms with Gasteiger partial charge in [-0.2, -0.15) is 0 Å². The summed E-state index contributed by atoms with van der Waals surface area (Å²) in [6.45, 7) is 4.30. The van der Waals surface area contributed by atoms with Gasteiger partial charge in [-0.3, -0.25) is 24.0 Å². The van der Waals surface area contributed by atoms with Gasteiger partial charge in [-0.15, -0.1) is 0 Å². The van der Waals surface area contributed by atoms with Gasteiger partial charge < -0.3 is 43.4 Å². The molecule has 0 fully saturated rings. The maximum absolute atomic E-state index is 12.6. The van der Waals surface area contributed by atoms with Crippen LogP contribution in [0.3, 0.4) is 0 Å². The zero-order valence-electron chi connectivity index (χ0n) is 18.2. The molecule has 0 bridgehead atoms. The van der Waals surface area contributed by atoms with Crippen LogP contribution in [0, 0.1) is 5.92 Å². The Balaban J connectivity index is 5.50. The maximum Gasteiger partial charge on any atom is 0.326 e. The van der Waals surface area contributed by atoms with E-state index in [4.69, 9.17) is 17.2 Å². The van der Waals surface area contributed by atoms with E-state index in [1.165, 1.54) is 6.92 Å². The predicted molar refractivity (Wildman–Crippen MR) is 110 cm³/mol. The van der Waals surface area contributed by atoms with Gasteiger partial charge in [-0.05, 0) is 19.3 Å². The van der Waals surface area contributed by atoms with Crippen LogP contribution >= 0.6 is 0 Å². The van der Waals surface area contributed by atoms with Gasteiger partial charge in [-0.25, -0.2) is 4.79 Å². The number of hydrogen-bond acceptors (Lipinski definition) is 8. The molecule has 0 aliphatic carbocycles. The Morgan fingerprint density at radius 3 is 1.75 bits per heavy atom. The summed E-state index contributed by atoms with van der Waals surface area (Å²) in [4.78, 5) is 70.7. The lowest BCUT2D eigenvalue weighted by Crippen LogP contribution is -2.60. The first-order valence-corrected chi connectivity index (χ1v) is 9.81. The van der Waals surface area contributed by atoms with E-state index in [9.17, 15) is 39.0 Å². The second kappa shape index (κ2) is 13.2. The molecule has 0 aliphatic rings. The normalized spacial score (nSPS) is 15.6. The smallest absolute Gasteiger partial charge is 0.326 e. The number of carboxylic acid groups (broad SMARTS) is 1. The van der Waals surface area contributed by atoms with Crippen LogP contribution in [0.1, 0.15) is 40.0 Å². The van der Waals surface area contributed by atoms with Gasteiger partial charge in [0.05, 0.1) is 18.6 Å². The Labute approximate surface area is 184 Å². The maximum atomic E-state index is 12.6. The molecule has 5 unspecified atom stereocenters. The van der Waals surface area contributed by atoms with Crippen molar-refractivity contribution >= 4 is 35.5 Å². The third kappa shape index (κ3) is 10.2. The number of nitrogens with two attached hydrogens (primary N) is 3. The molecule has 14 heteroatoms. The Morgan fingerprint density at radius 2 is 1.34 bits per heavy atom. The van der Waals surface area contributed by atoms with Crippen LogP contribution in [-0.2, 0) is 28.8 Å². The zero-order chi connectivity index (χ0) is 25.2. The Bertz CT molecular complexity index is 726. The number of hydrogen-bond donors (Lipinski definition) is 8. The topological polar surface area (TPSA) is 257 Å². The monoisotopic (exact) mass is 460 g/mol. The van der Waals surface area contributed by atoms with Crippen LogP contribution in [0.2, 0.25) is 0 Å². The zero-order valence-corrected chi connectivity index (χ0v) is 18.2. The number of aliphatic carboxylic acids is 1. The van der Waals surface area contributed by atoms with Crippen LogP contribution in [-0.4, -0.2) is 76.0 Å². The summed E-state index contributed by atoms with van der Waals surface area (Å²) >= 11 is 0. The van der Waals surface area contributed by atoms with Crippen molar-refractivity contribution in [2.24, 2.45) is 23.1 Å². The van der Waals surface area contributed by atoms with Crippen LogP contribution < -0.4 is 33.2 Å². The predicted octanol–water partition coefficient (Wildman–Crippen LogP) is -3.97. The lowest BCUT2D eigenvalue weighted by atomic mass is 10.0. The van der Waals surface area contributed by atoms with Gasteiger partial charge in [0.1, 0.15) is 18.1 Å². The number of aliphatic hydroxyl groups excluding tert-OH is 1. The number of rotatable bonds is 14. The molecule has 0 radical (unpaired) electrons. The van der Waals surface area contributed by atoms with Gasteiger partial charge in [0.2, 0.25) is 29.5 Å². The van der Waals surface area contributed by atoms with Gasteiger partial charge in [0.25, 0.3) is 0 Å². The minimum Gasteiger partial charge on any atom is -0.480 e. The number of aliphatic hydroxyl groups is 1. The molecule has 0 saturated carbocycles. The molecule has 0 aromatic carbocycles. The van der Waals surface area contributed by atoms with Crippen LogP contribution in [0.4, 0.5) is 0 Å². The highest BCUT2D eigenvalue weighted by atomic mass is 16.4. The standard InChI is InChI=1S/C18H32N6O8/c1-7(2)13(18(31)32)23-16(29)10(4-5-11(20)26)22-17(30)14(8(3)25)24-15(28)9(19)6-12(21)27/h7-10,13-14,25H,4-6,19H2,1-3H3,(H2,20,26)(H2,21,27)(H,22,30)(H,23,29)(H,24,28)(H,31,32). The highest BCUT2D eigenvalue weighted by Gasteiger charge is 2.33. The average Bonchev–Trinajstić information content (AvgIpc) is 2.65. The minimum absolute atomic E-state index is 0.265. The molecule has 0 aromatic rings. The Morgan fingerprint density at radius 1 is 0.812 bits per heavy atom. The summed E-state index contributed by atoms with van der Waals surface area (Å²) in [5, 5.41) is 25.8. The van der Waals surface area contributed by atoms with Crippen LogP contribution in [0.15, 0.2) is 0 Å². The van der Waals surface area contributed by atoms with Crippen LogP contribution in [0.5, 0.6) is 0 Å². The fraction of sp³-hybridized carbons (Fsp3) is 0.667. The molecule has 0 saturated heterocycles. The molecule has 182 valence electrons. The van der Waals surface area contributed by atoms with Crippen molar-refractivity contribution in [3.8, 4) is 0 Å². The van der Waals surface area contributed by atoms with Crippen molar-refractivity contribution in [2.45, 2.75) is 70.3 Å². The number of nitrogens with one attached hydrogen (secondary N) is 3. The van der Waals surface area contributed by atoms with E-state index in [1.807, 2.05) is 0 Å². The lowest BCUT2D eigenvalue weighted by Gasteiger charge is -2.26. The number of carboxylic acids is 1. The number of amides is 5. The molecular weight excluding hydrogens is 428 g/mol. The molecule has 0 heterocycles. The molecule has 32 heavy (non-hydrogen) atoms. The number of carbonyl (C=O) groups excluding carboxylic acids is 5. The number of primary amides is 2. The Kier molecular flexibility index (Phi) is 11.9. The minimum atomic E-state index is -1.58. The highest BCUT2D eigenvalue weighted by molar-refractivity contribution is 5.95. The highest BCUT2D eigenvalue weighted by Crippen LogP contribution is 2.06. The third-order valence-electron chi connectivity index (χ3n) is 4.36. The molecular formula is C18H32N6O8. The van der Waals surface area contributed by atoms with E-state index in [0.717, 1.165) is 0 Å². The van der Waals surface area contributed by atoms with E-state index in [1.54, 1.807) is 13.8 Å². The van der Waals surface area contributed by atoms with Gasteiger partial charge in [0, 0.05) is 6.42 Å².